The fraction of sp³-hybridized carbons (Fsp3) is 0.778. The van der Waals surface area contributed by atoms with E-state index < -0.39 is 0 Å². The first-order valence-electron chi connectivity index (χ1n) is 4.45. The SMILES string of the molecule is CCC=C(O)COCCOCCO. The fourth-order valence-electron chi connectivity index (χ4n) is 0.756. The summed E-state index contributed by atoms with van der Waals surface area (Å²) >= 11 is 0. The average Bonchev–Trinajstić information content (AvgIpc) is 2.11. The van der Waals surface area contributed by atoms with Gasteiger partial charge in [0.25, 0.3) is 0 Å². The zero-order valence-electron chi connectivity index (χ0n) is 8.03. The molecule has 0 rings (SSSR count). The molecule has 0 saturated heterocycles. The quantitative estimate of drug-likeness (QED) is 0.440. The van der Waals surface area contributed by atoms with E-state index in [9.17, 15) is 0 Å². The zero-order valence-corrected chi connectivity index (χ0v) is 8.03. The van der Waals surface area contributed by atoms with Crippen molar-refractivity contribution in [3.8, 4) is 0 Å². The zero-order chi connectivity index (χ0) is 9.94. The van der Waals surface area contributed by atoms with Crippen LogP contribution >= 0.6 is 0 Å². The van der Waals surface area contributed by atoms with Gasteiger partial charge in [-0.3, -0.25) is 0 Å². The third-order valence-corrected chi connectivity index (χ3v) is 1.30. The Hall–Kier alpha value is -0.580. The van der Waals surface area contributed by atoms with E-state index in [2.05, 4.69) is 0 Å². The van der Waals surface area contributed by atoms with E-state index in [1.807, 2.05) is 6.92 Å². The van der Waals surface area contributed by atoms with E-state index in [1.54, 1.807) is 6.08 Å². The molecule has 0 spiro atoms. The van der Waals surface area contributed by atoms with E-state index in [1.165, 1.54) is 0 Å². The number of aliphatic hydroxyl groups excluding tert-OH is 2. The van der Waals surface area contributed by atoms with Gasteiger partial charge in [0, 0.05) is 0 Å². The van der Waals surface area contributed by atoms with Crippen molar-refractivity contribution in [2.75, 3.05) is 33.0 Å². The Balaban J connectivity index is 3.11. The first-order chi connectivity index (χ1) is 6.31. The molecule has 13 heavy (non-hydrogen) atoms. The van der Waals surface area contributed by atoms with Crippen molar-refractivity contribution in [2.24, 2.45) is 0 Å². The molecule has 4 nitrogen and oxygen atoms in total. The number of allylic oxidation sites excluding steroid dienone is 1. The first-order valence-corrected chi connectivity index (χ1v) is 4.45. The molecule has 0 aromatic heterocycles. The van der Waals surface area contributed by atoms with Crippen LogP contribution in [-0.2, 0) is 9.47 Å². The molecule has 78 valence electrons. The highest BCUT2D eigenvalue weighted by molar-refractivity contribution is 4.89. The Bertz CT molecular complexity index is 134. The molecule has 0 unspecified atom stereocenters. The van der Waals surface area contributed by atoms with Crippen LogP contribution in [0.25, 0.3) is 0 Å². The Morgan fingerprint density at radius 2 is 1.92 bits per heavy atom. The smallest absolute Gasteiger partial charge is 0.114 e. The second-order valence-corrected chi connectivity index (χ2v) is 2.49. The second-order valence-electron chi connectivity index (χ2n) is 2.49. The molecule has 0 heterocycles. The van der Waals surface area contributed by atoms with Crippen LogP contribution in [0, 0.1) is 0 Å². The van der Waals surface area contributed by atoms with Crippen LogP contribution < -0.4 is 0 Å². The number of rotatable bonds is 8. The van der Waals surface area contributed by atoms with Crippen LogP contribution in [0.15, 0.2) is 11.8 Å². The molecule has 0 bridgehead atoms. The Morgan fingerprint density at radius 3 is 2.54 bits per heavy atom. The van der Waals surface area contributed by atoms with Crippen molar-refractivity contribution < 1.29 is 19.7 Å². The second kappa shape index (κ2) is 9.51. The fourth-order valence-corrected chi connectivity index (χ4v) is 0.756. The third-order valence-electron chi connectivity index (χ3n) is 1.30. The van der Waals surface area contributed by atoms with E-state index >= 15 is 0 Å². The third kappa shape index (κ3) is 9.33. The maximum atomic E-state index is 9.11. The highest BCUT2D eigenvalue weighted by atomic mass is 16.5. The van der Waals surface area contributed by atoms with Gasteiger partial charge in [-0.05, 0) is 12.5 Å². The highest BCUT2D eigenvalue weighted by Crippen LogP contribution is 1.92. The molecule has 0 saturated carbocycles. The summed E-state index contributed by atoms with van der Waals surface area (Å²) in [6.07, 6.45) is 2.50. The average molecular weight is 190 g/mol. The van der Waals surface area contributed by atoms with E-state index in [0.29, 0.717) is 19.8 Å². The van der Waals surface area contributed by atoms with Crippen LogP contribution in [0.5, 0.6) is 0 Å². The lowest BCUT2D eigenvalue weighted by Crippen LogP contribution is -2.08. The van der Waals surface area contributed by atoms with Crippen molar-refractivity contribution in [1.29, 1.82) is 0 Å². The van der Waals surface area contributed by atoms with Gasteiger partial charge in [-0.25, -0.2) is 0 Å². The molecule has 0 aliphatic rings. The summed E-state index contributed by atoms with van der Waals surface area (Å²) in [5.74, 6) is 0.254. The lowest BCUT2D eigenvalue weighted by molar-refractivity contribution is 0.0331. The van der Waals surface area contributed by atoms with Crippen molar-refractivity contribution in [3.05, 3.63) is 11.8 Å². The molecule has 0 aliphatic heterocycles. The number of hydrogen-bond acceptors (Lipinski definition) is 4. The summed E-state index contributed by atoms with van der Waals surface area (Å²) in [7, 11) is 0. The van der Waals surface area contributed by atoms with Gasteiger partial charge in [0.2, 0.25) is 0 Å². The molecule has 0 aromatic rings. The summed E-state index contributed by atoms with van der Waals surface area (Å²) in [5.41, 5.74) is 0. The molecule has 0 fully saturated rings. The van der Waals surface area contributed by atoms with E-state index in [4.69, 9.17) is 19.7 Å². The summed E-state index contributed by atoms with van der Waals surface area (Å²) in [4.78, 5) is 0. The Labute approximate surface area is 78.8 Å². The minimum atomic E-state index is 0.0288. The molecular formula is C9H18O4. The summed E-state index contributed by atoms with van der Waals surface area (Å²) in [6, 6.07) is 0. The van der Waals surface area contributed by atoms with E-state index in [0.717, 1.165) is 6.42 Å². The minimum Gasteiger partial charge on any atom is -0.510 e. The van der Waals surface area contributed by atoms with Crippen LogP contribution in [0.3, 0.4) is 0 Å². The topological polar surface area (TPSA) is 58.9 Å². The first kappa shape index (κ1) is 12.4. The molecule has 0 atom stereocenters. The number of aliphatic hydroxyl groups is 2. The molecule has 0 aliphatic carbocycles. The highest BCUT2D eigenvalue weighted by Gasteiger charge is 1.92. The minimum absolute atomic E-state index is 0.0288. The van der Waals surface area contributed by atoms with Gasteiger partial charge in [-0.2, -0.15) is 0 Å². The lowest BCUT2D eigenvalue weighted by Gasteiger charge is -2.03. The van der Waals surface area contributed by atoms with Crippen molar-refractivity contribution >= 4 is 0 Å². The molecule has 4 heteroatoms. The van der Waals surface area contributed by atoms with Crippen LogP contribution in [0.1, 0.15) is 13.3 Å². The predicted molar refractivity (Wildman–Crippen MR) is 49.7 cm³/mol. The van der Waals surface area contributed by atoms with Gasteiger partial charge in [-0.1, -0.05) is 6.92 Å². The van der Waals surface area contributed by atoms with Gasteiger partial charge in [0.05, 0.1) is 26.4 Å². The van der Waals surface area contributed by atoms with Crippen molar-refractivity contribution in [3.63, 3.8) is 0 Å². The van der Waals surface area contributed by atoms with E-state index in [-0.39, 0.29) is 19.0 Å². The van der Waals surface area contributed by atoms with Crippen molar-refractivity contribution in [1.82, 2.24) is 0 Å². The summed E-state index contributed by atoms with van der Waals surface area (Å²) in [6.45, 7) is 3.42. The Morgan fingerprint density at radius 1 is 1.23 bits per heavy atom. The Kier molecular flexibility index (Phi) is 9.08. The molecule has 2 N–H and O–H groups in total. The lowest BCUT2D eigenvalue weighted by atomic mass is 10.4. The maximum Gasteiger partial charge on any atom is 0.114 e. The normalized spacial score (nSPS) is 12.0. The monoisotopic (exact) mass is 190 g/mol. The summed E-state index contributed by atoms with van der Waals surface area (Å²) < 4.78 is 10.0. The van der Waals surface area contributed by atoms with Gasteiger partial charge in [-0.15, -0.1) is 0 Å². The van der Waals surface area contributed by atoms with Gasteiger partial charge in [0.1, 0.15) is 12.4 Å². The number of ether oxygens (including phenoxy) is 2. The van der Waals surface area contributed by atoms with Crippen LogP contribution in [-0.4, -0.2) is 43.2 Å². The van der Waals surface area contributed by atoms with Crippen LogP contribution in [0.4, 0.5) is 0 Å². The largest absolute Gasteiger partial charge is 0.510 e. The molecule has 0 aromatic carbocycles. The van der Waals surface area contributed by atoms with Gasteiger partial charge in [0.15, 0.2) is 0 Å². The van der Waals surface area contributed by atoms with Gasteiger partial charge >= 0.3 is 0 Å². The number of hydrogen-bond donors (Lipinski definition) is 2. The molecular weight excluding hydrogens is 172 g/mol. The van der Waals surface area contributed by atoms with Gasteiger partial charge < -0.3 is 19.7 Å². The maximum absolute atomic E-state index is 9.11. The predicted octanol–water partition coefficient (Wildman–Crippen LogP) is 0.864. The van der Waals surface area contributed by atoms with Crippen LogP contribution in [0.2, 0.25) is 0 Å². The van der Waals surface area contributed by atoms with Crippen molar-refractivity contribution in [2.45, 2.75) is 13.3 Å². The molecule has 0 radical (unpaired) electrons. The standard InChI is InChI=1S/C9H18O4/c1-2-3-9(11)8-13-7-6-12-5-4-10/h3,10-11H,2,4-8H2,1H3. The summed E-state index contributed by atoms with van der Waals surface area (Å²) in [5, 5.41) is 17.5. The molecule has 0 amide bonds.